The molecular weight excluding hydrogens is 438 g/mol. The summed E-state index contributed by atoms with van der Waals surface area (Å²) in [6.45, 7) is 2.85. The van der Waals surface area contributed by atoms with Crippen molar-refractivity contribution in [3.05, 3.63) is 53.1 Å². The Morgan fingerprint density at radius 2 is 2.15 bits per heavy atom. The van der Waals surface area contributed by atoms with Gasteiger partial charge in [-0.2, -0.15) is 0 Å². The average Bonchev–Trinajstić information content (AvgIpc) is 3.32. The van der Waals surface area contributed by atoms with E-state index in [9.17, 15) is 14.7 Å². The van der Waals surface area contributed by atoms with Gasteiger partial charge in [-0.1, -0.05) is 24.3 Å². The lowest BCUT2D eigenvalue weighted by Crippen LogP contribution is -2.51. The van der Waals surface area contributed by atoms with E-state index in [1.165, 1.54) is 24.3 Å². The number of nitrogens with one attached hydrogen (secondary N) is 2. The lowest BCUT2D eigenvalue weighted by Gasteiger charge is -2.33. The quantitative estimate of drug-likeness (QED) is 0.588. The molecule has 5 rings (SSSR count). The third-order valence-electron chi connectivity index (χ3n) is 6.68. The third kappa shape index (κ3) is 4.34. The van der Waals surface area contributed by atoms with E-state index in [1.807, 2.05) is 12.1 Å². The molecule has 3 aliphatic rings. The van der Waals surface area contributed by atoms with Crippen molar-refractivity contribution in [2.24, 2.45) is 0 Å². The van der Waals surface area contributed by atoms with Crippen LogP contribution in [-0.4, -0.2) is 73.5 Å². The van der Waals surface area contributed by atoms with Crippen LogP contribution in [0.25, 0.3) is 0 Å². The van der Waals surface area contributed by atoms with Crippen LogP contribution in [0.4, 0.5) is 5.69 Å². The number of amides is 2. The number of β-amino-alcohol motifs (C(OH)–C–C–N with tert-alkyl or cyclic N) is 1. The molecule has 2 aromatic rings. The van der Waals surface area contributed by atoms with Crippen molar-refractivity contribution < 1.29 is 28.9 Å². The number of anilines is 1. The second-order valence-electron chi connectivity index (χ2n) is 9.02. The van der Waals surface area contributed by atoms with Gasteiger partial charge in [-0.15, -0.1) is 0 Å². The Hall–Kier alpha value is -3.14. The summed E-state index contributed by atoms with van der Waals surface area (Å²) < 4.78 is 16.8. The molecule has 2 aromatic carbocycles. The molecule has 0 bridgehead atoms. The number of nitrogens with zero attached hydrogens (tertiary/aromatic N) is 1. The van der Waals surface area contributed by atoms with Gasteiger partial charge >= 0.3 is 0 Å². The molecule has 0 unspecified atom stereocenters. The Morgan fingerprint density at radius 1 is 1.32 bits per heavy atom. The van der Waals surface area contributed by atoms with Crippen LogP contribution in [0.5, 0.6) is 11.5 Å². The molecule has 3 heterocycles. The number of aliphatic hydroxyl groups excluding tert-OH is 1. The number of methoxy groups -OCH3 is 1. The fourth-order valence-corrected chi connectivity index (χ4v) is 4.77. The number of carbonyl (C=O) groups excluding carboxylic acids is 2. The first kappa shape index (κ1) is 22.6. The van der Waals surface area contributed by atoms with Gasteiger partial charge in [0.1, 0.15) is 11.5 Å². The summed E-state index contributed by atoms with van der Waals surface area (Å²) in [5.41, 5.74) is 2.24. The maximum Gasteiger partial charge on any atom is 0.271 e. The van der Waals surface area contributed by atoms with E-state index >= 15 is 0 Å². The van der Waals surface area contributed by atoms with Crippen molar-refractivity contribution in [3.63, 3.8) is 0 Å². The molecular formula is C25H29N3O6. The zero-order valence-electron chi connectivity index (χ0n) is 19.1. The number of hydrogen-bond donors (Lipinski definition) is 3. The molecule has 0 aliphatic carbocycles. The van der Waals surface area contributed by atoms with Crippen LogP contribution in [0.1, 0.15) is 27.9 Å². The minimum atomic E-state index is -1.04. The van der Waals surface area contributed by atoms with Crippen molar-refractivity contribution in [3.8, 4) is 11.5 Å². The molecule has 1 spiro atoms. The molecule has 34 heavy (non-hydrogen) atoms. The Balaban J connectivity index is 1.22. The third-order valence-corrected chi connectivity index (χ3v) is 6.68. The van der Waals surface area contributed by atoms with Crippen molar-refractivity contribution in [2.75, 3.05) is 45.3 Å². The van der Waals surface area contributed by atoms with Crippen LogP contribution in [0.15, 0.2) is 36.4 Å². The summed E-state index contributed by atoms with van der Waals surface area (Å²) >= 11 is 0. The maximum absolute atomic E-state index is 12.9. The van der Waals surface area contributed by atoms with E-state index in [1.54, 1.807) is 6.07 Å². The number of carbonyl (C=O) groups is 2. The lowest BCUT2D eigenvalue weighted by atomic mass is 9.99. The number of fused-ring (bicyclic) bond motifs is 2. The molecule has 2 amide bonds. The number of aliphatic hydroxyl groups is 1. The van der Waals surface area contributed by atoms with Gasteiger partial charge < -0.3 is 30.0 Å². The highest BCUT2D eigenvalue weighted by molar-refractivity contribution is 6.04. The van der Waals surface area contributed by atoms with Crippen LogP contribution >= 0.6 is 0 Å². The molecule has 1 saturated heterocycles. The first-order valence-electron chi connectivity index (χ1n) is 11.5. The molecule has 3 N–H and O–H groups in total. The Labute approximate surface area is 198 Å². The normalized spacial score (nSPS) is 22.4. The molecule has 2 atom stereocenters. The number of rotatable bonds is 6. The van der Waals surface area contributed by atoms with Gasteiger partial charge in [0.15, 0.2) is 0 Å². The zero-order chi connectivity index (χ0) is 23.7. The first-order chi connectivity index (χ1) is 16.5. The SMILES string of the molecule is COc1cc2c(cc1C(=O)NC[C@H](O)CN1CCc3ccccc3C1)NC(=O)[C@@]1(CCOC1)O2. The van der Waals surface area contributed by atoms with Gasteiger partial charge in [-0.05, 0) is 23.6 Å². The van der Waals surface area contributed by atoms with Gasteiger partial charge in [-0.25, -0.2) is 0 Å². The summed E-state index contributed by atoms with van der Waals surface area (Å²) in [6.07, 6.45) is 0.689. The number of hydrogen-bond acceptors (Lipinski definition) is 7. The van der Waals surface area contributed by atoms with Gasteiger partial charge in [0.2, 0.25) is 5.60 Å². The van der Waals surface area contributed by atoms with Crippen molar-refractivity contribution in [1.82, 2.24) is 10.2 Å². The summed E-state index contributed by atoms with van der Waals surface area (Å²) in [5, 5.41) is 16.2. The van der Waals surface area contributed by atoms with Crippen LogP contribution in [-0.2, 0) is 22.5 Å². The summed E-state index contributed by atoms with van der Waals surface area (Å²) in [5.74, 6) is 0.0708. The molecule has 1 fully saturated rings. The summed E-state index contributed by atoms with van der Waals surface area (Å²) in [6, 6.07) is 11.5. The van der Waals surface area contributed by atoms with Gasteiger partial charge in [0.25, 0.3) is 11.8 Å². The molecule has 180 valence electrons. The average molecular weight is 468 g/mol. The molecule has 9 heteroatoms. The van der Waals surface area contributed by atoms with Crippen LogP contribution in [0.3, 0.4) is 0 Å². The van der Waals surface area contributed by atoms with Crippen LogP contribution < -0.4 is 20.1 Å². The lowest BCUT2D eigenvalue weighted by molar-refractivity contribution is -0.132. The standard InChI is InChI=1S/C25H29N3O6/c1-32-21-11-22-20(27-24(31)25(34-22)7-9-33-15-25)10-19(21)23(30)26-12-18(29)14-28-8-6-16-4-2-3-5-17(16)13-28/h2-5,10-11,18,29H,6-9,12-15H2,1H3,(H,26,30)(H,27,31)/t18-,25-/m0/s1. The maximum atomic E-state index is 12.9. The van der Waals surface area contributed by atoms with Crippen LogP contribution in [0.2, 0.25) is 0 Å². The molecule has 3 aliphatic heterocycles. The molecule has 0 aromatic heterocycles. The van der Waals surface area contributed by atoms with E-state index < -0.39 is 17.6 Å². The van der Waals surface area contributed by atoms with Gasteiger partial charge in [-0.3, -0.25) is 14.5 Å². The second kappa shape index (κ2) is 9.25. The predicted octanol–water partition coefficient (Wildman–Crippen LogP) is 1.33. The monoisotopic (exact) mass is 467 g/mol. The Bertz CT molecular complexity index is 1100. The van der Waals surface area contributed by atoms with Crippen molar-refractivity contribution >= 4 is 17.5 Å². The van der Waals surface area contributed by atoms with E-state index in [2.05, 4.69) is 27.7 Å². The van der Waals surface area contributed by atoms with E-state index in [0.717, 1.165) is 19.5 Å². The summed E-state index contributed by atoms with van der Waals surface area (Å²) in [7, 11) is 1.47. The largest absolute Gasteiger partial charge is 0.496 e. The minimum Gasteiger partial charge on any atom is -0.496 e. The van der Waals surface area contributed by atoms with E-state index in [-0.39, 0.29) is 24.6 Å². The smallest absolute Gasteiger partial charge is 0.271 e. The van der Waals surface area contributed by atoms with E-state index in [4.69, 9.17) is 14.2 Å². The summed E-state index contributed by atoms with van der Waals surface area (Å²) in [4.78, 5) is 27.7. The van der Waals surface area contributed by atoms with Crippen molar-refractivity contribution in [2.45, 2.75) is 31.1 Å². The molecule has 9 nitrogen and oxygen atoms in total. The van der Waals surface area contributed by atoms with Crippen molar-refractivity contribution in [1.29, 1.82) is 0 Å². The Morgan fingerprint density at radius 3 is 2.91 bits per heavy atom. The highest BCUT2D eigenvalue weighted by atomic mass is 16.6. The van der Waals surface area contributed by atoms with Crippen LogP contribution in [0, 0.1) is 0 Å². The second-order valence-corrected chi connectivity index (χ2v) is 9.02. The topological polar surface area (TPSA) is 109 Å². The predicted molar refractivity (Wildman–Crippen MR) is 124 cm³/mol. The zero-order valence-corrected chi connectivity index (χ0v) is 19.1. The fraction of sp³-hybridized carbons (Fsp3) is 0.440. The molecule has 0 saturated carbocycles. The Kier molecular flexibility index (Phi) is 6.16. The first-order valence-corrected chi connectivity index (χ1v) is 11.5. The molecule has 0 radical (unpaired) electrons. The number of benzene rings is 2. The van der Waals surface area contributed by atoms with Gasteiger partial charge in [0.05, 0.1) is 37.7 Å². The van der Waals surface area contributed by atoms with Gasteiger partial charge in [0, 0.05) is 38.7 Å². The van der Waals surface area contributed by atoms with E-state index in [0.29, 0.717) is 36.8 Å². The minimum absolute atomic E-state index is 0.0977. The highest BCUT2D eigenvalue weighted by Gasteiger charge is 2.48. The highest BCUT2D eigenvalue weighted by Crippen LogP contribution is 2.41. The number of ether oxygens (including phenoxy) is 3. The fourth-order valence-electron chi connectivity index (χ4n) is 4.77.